The fraction of sp³-hybridized carbons (Fsp3) is 0.0909. The second-order valence-electron chi connectivity index (χ2n) is 9.24. The summed E-state index contributed by atoms with van der Waals surface area (Å²) < 4.78 is 16.4. The van der Waals surface area contributed by atoms with Crippen molar-refractivity contribution < 1.29 is 33.4 Å². The number of urea groups is 1. The summed E-state index contributed by atoms with van der Waals surface area (Å²) in [7, 11) is 2.94. The molecule has 1 N–H and O–H groups in total. The molecule has 0 aliphatic carbocycles. The number of rotatable bonds is 9. The Morgan fingerprint density at radius 2 is 1.26 bits per heavy atom. The van der Waals surface area contributed by atoms with Crippen LogP contribution in [0, 0.1) is 0 Å². The van der Waals surface area contributed by atoms with E-state index in [1.165, 1.54) is 20.3 Å². The summed E-state index contributed by atoms with van der Waals surface area (Å²) in [5.41, 5.74) is 1.37. The van der Waals surface area contributed by atoms with Crippen LogP contribution in [0.25, 0.3) is 6.08 Å². The second-order valence-corrected chi connectivity index (χ2v) is 9.24. The zero-order valence-corrected chi connectivity index (χ0v) is 23.4. The molecule has 0 atom stereocenters. The SMILES string of the molecule is COc1ccccc1NC(=O)COc1ccc(C=C2C(=O)N(c3ccccc3)C(=O)N(c3ccccc3)C2=O)cc1OC. The molecule has 216 valence electrons. The van der Waals surface area contributed by atoms with Crippen LogP contribution < -0.4 is 29.3 Å². The first-order valence-corrected chi connectivity index (χ1v) is 13.2. The zero-order chi connectivity index (χ0) is 30.3. The van der Waals surface area contributed by atoms with Crippen LogP contribution in [0.5, 0.6) is 17.2 Å². The van der Waals surface area contributed by atoms with Gasteiger partial charge in [0.2, 0.25) is 0 Å². The quantitative estimate of drug-likeness (QED) is 0.212. The van der Waals surface area contributed by atoms with Gasteiger partial charge in [0, 0.05) is 0 Å². The summed E-state index contributed by atoms with van der Waals surface area (Å²) in [6.45, 7) is -0.313. The fourth-order valence-electron chi connectivity index (χ4n) is 4.48. The van der Waals surface area contributed by atoms with Gasteiger partial charge in [0.05, 0.1) is 31.3 Å². The molecule has 0 radical (unpaired) electrons. The Balaban J connectivity index is 1.42. The zero-order valence-electron chi connectivity index (χ0n) is 23.4. The number of nitrogens with one attached hydrogen (secondary N) is 1. The van der Waals surface area contributed by atoms with Crippen LogP contribution in [-0.4, -0.2) is 44.6 Å². The number of ether oxygens (including phenoxy) is 3. The average Bonchev–Trinajstić information content (AvgIpc) is 3.03. The highest BCUT2D eigenvalue weighted by Gasteiger charge is 2.43. The molecule has 1 aliphatic rings. The molecule has 4 aromatic rings. The van der Waals surface area contributed by atoms with Crippen LogP contribution in [0.1, 0.15) is 5.56 Å². The lowest BCUT2D eigenvalue weighted by Crippen LogP contribution is -2.57. The van der Waals surface area contributed by atoms with Crippen LogP contribution in [0.15, 0.2) is 109 Å². The molecule has 5 rings (SSSR count). The molecule has 5 amide bonds. The number of hydrogen-bond acceptors (Lipinski definition) is 7. The highest BCUT2D eigenvalue weighted by atomic mass is 16.5. The monoisotopic (exact) mass is 577 g/mol. The van der Waals surface area contributed by atoms with E-state index >= 15 is 0 Å². The number of hydrogen-bond donors (Lipinski definition) is 1. The van der Waals surface area contributed by atoms with Crippen molar-refractivity contribution in [3.8, 4) is 17.2 Å². The van der Waals surface area contributed by atoms with Gasteiger partial charge in [0.1, 0.15) is 11.3 Å². The molecular formula is C33H27N3O7. The lowest BCUT2D eigenvalue weighted by Gasteiger charge is -2.33. The van der Waals surface area contributed by atoms with Crippen LogP contribution in [0.2, 0.25) is 0 Å². The molecule has 0 bridgehead atoms. The Kier molecular flexibility index (Phi) is 8.48. The first-order valence-electron chi connectivity index (χ1n) is 13.2. The van der Waals surface area contributed by atoms with E-state index in [4.69, 9.17) is 14.2 Å². The number of imide groups is 2. The maximum atomic E-state index is 13.6. The van der Waals surface area contributed by atoms with Gasteiger partial charge in [-0.1, -0.05) is 54.6 Å². The van der Waals surface area contributed by atoms with Gasteiger partial charge in [-0.25, -0.2) is 14.6 Å². The van der Waals surface area contributed by atoms with Crippen LogP contribution in [0.3, 0.4) is 0 Å². The van der Waals surface area contributed by atoms with Crippen molar-refractivity contribution in [1.82, 2.24) is 0 Å². The van der Waals surface area contributed by atoms with Crippen molar-refractivity contribution in [3.05, 3.63) is 114 Å². The van der Waals surface area contributed by atoms with E-state index in [1.807, 2.05) is 0 Å². The van der Waals surface area contributed by atoms with Crippen molar-refractivity contribution in [2.75, 3.05) is 35.9 Å². The van der Waals surface area contributed by atoms with Gasteiger partial charge in [-0.3, -0.25) is 14.4 Å². The van der Waals surface area contributed by atoms with E-state index in [2.05, 4.69) is 5.32 Å². The smallest absolute Gasteiger partial charge is 0.343 e. The van der Waals surface area contributed by atoms with Crippen molar-refractivity contribution in [2.45, 2.75) is 0 Å². The van der Waals surface area contributed by atoms with Gasteiger partial charge in [-0.2, -0.15) is 0 Å². The fourth-order valence-corrected chi connectivity index (χ4v) is 4.48. The minimum atomic E-state index is -0.780. The van der Waals surface area contributed by atoms with Gasteiger partial charge in [-0.15, -0.1) is 0 Å². The summed E-state index contributed by atoms with van der Waals surface area (Å²) in [6.07, 6.45) is 1.39. The Labute approximate surface area is 247 Å². The molecule has 43 heavy (non-hydrogen) atoms. The van der Waals surface area contributed by atoms with Crippen molar-refractivity contribution in [2.24, 2.45) is 0 Å². The summed E-state index contributed by atoms with van der Waals surface area (Å²) in [5.74, 6) is -0.889. The average molecular weight is 578 g/mol. The number of barbiturate groups is 1. The third kappa shape index (κ3) is 6.08. The van der Waals surface area contributed by atoms with Gasteiger partial charge >= 0.3 is 6.03 Å². The third-order valence-electron chi connectivity index (χ3n) is 6.52. The largest absolute Gasteiger partial charge is 0.495 e. The highest BCUT2D eigenvalue weighted by molar-refractivity contribution is 6.46. The molecular weight excluding hydrogens is 550 g/mol. The van der Waals surface area contributed by atoms with E-state index in [0.717, 1.165) is 9.80 Å². The lowest BCUT2D eigenvalue weighted by atomic mass is 10.0. The maximum absolute atomic E-state index is 13.6. The molecule has 1 heterocycles. The standard InChI is InChI=1S/C33H27N3O7/c1-41-27-16-10-9-15-26(27)34-30(37)21-43-28-18-17-22(20-29(28)42-2)19-25-31(38)35(23-11-5-3-6-12-23)33(40)36(32(25)39)24-13-7-4-8-14-24/h3-20H,21H2,1-2H3,(H,34,37). The molecule has 0 aromatic heterocycles. The van der Waals surface area contributed by atoms with E-state index in [0.29, 0.717) is 28.4 Å². The topological polar surface area (TPSA) is 114 Å². The van der Waals surface area contributed by atoms with Gasteiger partial charge in [0.25, 0.3) is 17.7 Å². The number of para-hydroxylation sites is 4. The normalized spacial score (nSPS) is 13.1. The number of anilines is 3. The molecule has 0 spiro atoms. The lowest BCUT2D eigenvalue weighted by molar-refractivity contribution is -0.121. The Morgan fingerprint density at radius 1 is 0.698 bits per heavy atom. The predicted molar refractivity (Wildman–Crippen MR) is 161 cm³/mol. The van der Waals surface area contributed by atoms with E-state index in [1.54, 1.807) is 103 Å². The van der Waals surface area contributed by atoms with E-state index in [9.17, 15) is 19.2 Å². The highest BCUT2D eigenvalue weighted by Crippen LogP contribution is 2.32. The first-order chi connectivity index (χ1) is 20.9. The Morgan fingerprint density at radius 3 is 1.84 bits per heavy atom. The van der Waals surface area contributed by atoms with E-state index in [-0.39, 0.29) is 23.7 Å². The molecule has 1 aliphatic heterocycles. The summed E-state index contributed by atoms with van der Waals surface area (Å²) in [4.78, 5) is 55.1. The first kappa shape index (κ1) is 28.6. The van der Waals surface area contributed by atoms with Gasteiger partial charge < -0.3 is 19.5 Å². The summed E-state index contributed by atoms with van der Waals surface area (Å²) >= 11 is 0. The summed E-state index contributed by atoms with van der Waals surface area (Å²) in [6, 6.07) is 27.7. The van der Waals surface area contributed by atoms with Gasteiger partial charge in [0.15, 0.2) is 18.1 Å². The Hall–Kier alpha value is -5.90. The van der Waals surface area contributed by atoms with Crippen molar-refractivity contribution in [3.63, 3.8) is 0 Å². The van der Waals surface area contributed by atoms with Crippen LogP contribution in [0.4, 0.5) is 21.9 Å². The molecule has 4 aromatic carbocycles. The molecule has 0 saturated carbocycles. The minimum absolute atomic E-state index is 0.223. The maximum Gasteiger partial charge on any atom is 0.343 e. The molecule has 10 nitrogen and oxygen atoms in total. The minimum Gasteiger partial charge on any atom is -0.495 e. The molecule has 10 heteroatoms. The second kappa shape index (κ2) is 12.7. The number of carbonyl (C=O) groups is 4. The van der Waals surface area contributed by atoms with Crippen molar-refractivity contribution in [1.29, 1.82) is 0 Å². The van der Waals surface area contributed by atoms with Crippen LogP contribution in [-0.2, 0) is 14.4 Å². The molecule has 1 saturated heterocycles. The van der Waals surface area contributed by atoms with Crippen molar-refractivity contribution >= 4 is 46.9 Å². The molecule has 1 fully saturated rings. The van der Waals surface area contributed by atoms with E-state index < -0.39 is 23.8 Å². The summed E-state index contributed by atoms with van der Waals surface area (Å²) in [5, 5.41) is 2.73. The number of carbonyl (C=O) groups excluding carboxylic acids is 4. The number of methoxy groups -OCH3 is 2. The van der Waals surface area contributed by atoms with Crippen LogP contribution >= 0.6 is 0 Å². The third-order valence-corrected chi connectivity index (χ3v) is 6.52. The predicted octanol–water partition coefficient (Wildman–Crippen LogP) is 5.30. The Bertz CT molecular complexity index is 1640. The van der Waals surface area contributed by atoms with Gasteiger partial charge in [-0.05, 0) is 60.2 Å². The molecule has 0 unspecified atom stereocenters. The number of amides is 5. The number of nitrogens with zero attached hydrogens (tertiary/aromatic N) is 2. The number of benzene rings is 4.